The second-order valence-corrected chi connectivity index (χ2v) is 9.39. The Morgan fingerprint density at radius 1 is 0.946 bits per heavy atom. The van der Waals surface area contributed by atoms with Crippen molar-refractivity contribution in [2.45, 2.75) is 45.1 Å². The van der Waals surface area contributed by atoms with E-state index in [-0.39, 0.29) is 11.8 Å². The summed E-state index contributed by atoms with van der Waals surface area (Å²) < 4.78 is 16.3. The fourth-order valence-corrected chi connectivity index (χ4v) is 5.14. The first-order chi connectivity index (χ1) is 17.9. The van der Waals surface area contributed by atoms with Crippen LogP contribution in [0.4, 0.5) is 0 Å². The van der Waals surface area contributed by atoms with Crippen molar-refractivity contribution >= 4 is 11.8 Å². The van der Waals surface area contributed by atoms with Crippen LogP contribution in [0.1, 0.15) is 66.6 Å². The molecule has 0 saturated carbocycles. The molecule has 3 rings (SSSR count). The van der Waals surface area contributed by atoms with E-state index >= 15 is 0 Å². The molecule has 0 fully saturated rings. The first-order valence-corrected chi connectivity index (χ1v) is 13.1. The number of carbonyl (C=O) groups is 2. The Hall–Kier alpha value is -3.26. The van der Waals surface area contributed by atoms with E-state index in [9.17, 15) is 9.59 Å². The minimum Gasteiger partial charge on any atom is -0.497 e. The molecule has 0 spiro atoms. The minimum atomic E-state index is -0.617. The van der Waals surface area contributed by atoms with E-state index < -0.39 is 12.0 Å². The van der Waals surface area contributed by atoms with Crippen LogP contribution in [-0.2, 0) is 4.79 Å². The summed E-state index contributed by atoms with van der Waals surface area (Å²) in [5.74, 6) is 0.747. The number of hydrogen-bond acceptors (Lipinski definition) is 6. The predicted molar refractivity (Wildman–Crippen MR) is 145 cm³/mol. The number of carbonyl (C=O) groups excluding carboxylic acids is 2. The normalized spacial score (nSPS) is 16.9. The Kier molecular flexibility index (Phi) is 10.2. The molecule has 8 heteroatoms. The van der Waals surface area contributed by atoms with E-state index in [0.29, 0.717) is 34.9 Å². The van der Waals surface area contributed by atoms with Crippen LogP contribution in [0.3, 0.4) is 0 Å². The third kappa shape index (κ3) is 6.36. The van der Waals surface area contributed by atoms with E-state index in [4.69, 9.17) is 14.2 Å². The van der Waals surface area contributed by atoms with E-state index in [1.165, 1.54) is 7.11 Å². The van der Waals surface area contributed by atoms with Gasteiger partial charge in [0.2, 0.25) is 5.91 Å². The molecular weight excluding hydrogens is 470 g/mol. The van der Waals surface area contributed by atoms with Crippen LogP contribution < -0.4 is 19.5 Å². The van der Waals surface area contributed by atoms with Crippen LogP contribution in [0.2, 0.25) is 0 Å². The molecule has 0 aliphatic carbocycles. The molecule has 0 saturated heterocycles. The Morgan fingerprint density at radius 3 is 2.14 bits per heavy atom. The van der Waals surface area contributed by atoms with Gasteiger partial charge in [-0.3, -0.25) is 9.59 Å². The Labute approximate surface area is 220 Å². The molecule has 0 radical (unpaired) electrons. The van der Waals surface area contributed by atoms with Crippen LogP contribution in [0, 0.1) is 0 Å². The summed E-state index contributed by atoms with van der Waals surface area (Å²) in [7, 11) is 6.44. The van der Waals surface area contributed by atoms with Crippen molar-refractivity contribution in [3.63, 3.8) is 0 Å². The highest BCUT2D eigenvalue weighted by atomic mass is 16.5. The smallest absolute Gasteiger partial charge is 0.254 e. The maximum atomic E-state index is 13.8. The van der Waals surface area contributed by atoms with Crippen molar-refractivity contribution in [2.75, 3.05) is 54.6 Å². The molecule has 2 aromatic carbocycles. The largest absolute Gasteiger partial charge is 0.497 e. The molecule has 0 bridgehead atoms. The number of nitrogens with one attached hydrogen (secondary N) is 1. The summed E-state index contributed by atoms with van der Waals surface area (Å²) in [6.45, 7) is 8.00. The fourth-order valence-electron chi connectivity index (χ4n) is 5.14. The van der Waals surface area contributed by atoms with E-state index in [0.717, 1.165) is 44.5 Å². The fraction of sp³-hybridized carbons (Fsp3) is 0.517. The molecule has 2 atom stereocenters. The van der Waals surface area contributed by atoms with Crippen molar-refractivity contribution in [3.8, 4) is 17.2 Å². The number of benzene rings is 2. The van der Waals surface area contributed by atoms with Crippen LogP contribution in [-0.4, -0.2) is 76.2 Å². The summed E-state index contributed by atoms with van der Waals surface area (Å²) in [5.41, 5.74) is 1.94. The zero-order valence-electron chi connectivity index (χ0n) is 23.0. The summed E-state index contributed by atoms with van der Waals surface area (Å²) in [5, 5.41) is 3.16. The highest BCUT2D eigenvalue weighted by molar-refractivity contribution is 6.02. The topological polar surface area (TPSA) is 80.3 Å². The molecule has 0 unspecified atom stereocenters. The van der Waals surface area contributed by atoms with Crippen molar-refractivity contribution in [1.82, 2.24) is 15.1 Å². The summed E-state index contributed by atoms with van der Waals surface area (Å²) >= 11 is 0. The number of rotatable bonds is 13. The number of methoxy groups -OCH3 is 3. The van der Waals surface area contributed by atoms with Crippen LogP contribution >= 0.6 is 0 Å². The Balaban J connectivity index is 1.94. The van der Waals surface area contributed by atoms with Gasteiger partial charge < -0.3 is 29.3 Å². The molecule has 202 valence electrons. The quantitative estimate of drug-likeness (QED) is 0.405. The van der Waals surface area contributed by atoms with Gasteiger partial charge in [0.25, 0.3) is 5.91 Å². The molecule has 0 aromatic heterocycles. The number of ether oxygens (including phenoxy) is 3. The van der Waals surface area contributed by atoms with Crippen molar-refractivity contribution in [3.05, 3.63) is 53.1 Å². The molecular formula is C29H41N3O5. The minimum absolute atomic E-state index is 0.119. The zero-order valence-corrected chi connectivity index (χ0v) is 23.0. The lowest BCUT2D eigenvalue weighted by Gasteiger charge is -2.40. The van der Waals surface area contributed by atoms with Gasteiger partial charge in [-0.05, 0) is 74.3 Å². The average molecular weight is 512 g/mol. The van der Waals surface area contributed by atoms with Crippen LogP contribution in [0.15, 0.2) is 36.4 Å². The molecule has 37 heavy (non-hydrogen) atoms. The van der Waals surface area contributed by atoms with Crippen molar-refractivity contribution in [1.29, 1.82) is 0 Å². The van der Waals surface area contributed by atoms with Gasteiger partial charge in [-0.25, -0.2) is 0 Å². The highest BCUT2D eigenvalue weighted by Gasteiger charge is 2.43. The monoisotopic (exact) mass is 511 g/mol. The molecule has 1 heterocycles. The third-order valence-electron chi connectivity index (χ3n) is 6.94. The Bertz CT molecular complexity index is 1050. The van der Waals surface area contributed by atoms with Gasteiger partial charge in [0.15, 0.2) is 11.5 Å². The van der Waals surface area contributed by atoms with E-state index in [1.807, 2.05) is 24.3 Å². The second-order valence-electron chi connectivity index (χ2n) is 9.39. The molecule has 1 aliphatic rings. The molecule has 2 amide bonds. The first kappa shape index (κ1) is 28.3. The van der Waals surface area contributed by atoms with Gasteiger partial charge in [-0.2, -0.15) is 0 Å². The van der Waals surface area contributed by atoms with Gasteiger partial charge in [-0.15, -0.1) is 0 Å². The van der Waals surface area contributed by atoms with Gasteiger partial charge in [-0.1, -0.05) is 26.0 Å². The van der Waals surface area contributed by atoms with Gasteiger partial charge in [0, 0.05) is 19.2 Å². The summed E-state index contributed by atoms with van der Waals surface area (Å²) in [6.07, 6.45) is 3.08. The van der Waals surface area contributed by atoms with Gasteiger partial charge in [0.1, 0.15) is 5.75 Å². The summed E-state index contributed by atoms with van der Waals surface area (Å²) in [4.78, 5) is 31.4. The van der Waals surface area contributed by atoms with Crippen LogP contribution in [0.5, 0.6) is 17.2 Å². The second kappa shape index (κ2) is 13.3. The van der Waals surface area contributed by atoms with E-state index in [1.54, 1.807) is 38.3 Å². The lowest BCUT2D eigenvalue weighted by molar-refractivity contribution is -0.124. The third-order valence-corrected chi connectivity index (χ3v) is 6.94. The van der Waals surface area contributed by atoms with Crippen molar-refractivity contribution < 1.29 is 23.8 Å². The maximum absolute atomic E-state index is 13.8. The summed E-state index contributed by atoms with van der Waals surface area (Å²) in [6, 6.07) is 10.5. The molecule has 1 N–H and O–H groups in total. The number of likely N-dealkylation sites (N-methyl/N-ethyl adjacent to an activating group) is 1. The van der Waals surface area contributed by atoms with Crippen LogP contribution in [0.25, 0.3) is 0 Å². The SMILES string of the molecule is CCCN(CCC)CCCNC(=O)[C@@H]1c2cc(OC)c(OC)cc2C(=O)N(C)[C@H]1c1ccc(OC)cc1. The molecule has 1 aliphatic heterocycles. The lowest BCUT2D eigenvalue weighted by atomic mass is 9.79. The first-order valence-electron chi connectivity index (χ1n) is 13.1. The number of hydrogen-bond donors (Lipinski definition) is 1. The Morgan fingerprint density at radius 2 is 1.57 bits per heavy atom. The zero-order chi connectivity index (χ0) is 26.9. The highest BCUT2D eigenvalue weighted by Crippen LogP contribution is 2.45. The number of amides is 2. The van der Waals surface area contributed by atoms with E-state index in [2.05, 4.69) is 24.1 Å². The van der Waals surface area contributed by atoms with Crippen molar-refractivity contribution in [2.24, 2.45) is 0 Å². The van der Waals surface area contributed by atoms with Gasteiger partial charge in [0.05, 0.1) is 33.3 Å². The molecule has 2 aromatic rings. The standard InChI is InChI=1S/C29H41N3O5/c1-7-15-32(16-8-2)17-9-14-30-28(33)26-22-18-24(36-5)25(37-6)19-23(22)29(34)31(3)27(26)20-10-12-21(35-4)13-11-20/h10-13,18-19,26-27H,7-9,14-17H2,1-6H3,(H,30,33)/t26-,27+/m1/s1. The number of fused-ring (bicyclic) bond motifs is 1. The number of nitrogens with zero attached hydrogens (tertiary/aromatic N) is 2. The maximum Gasteiger partial charge on any atom is 0.254 e. The van der Waals surface area contributed by atoms with Gasteiger partial charge >= 0.3 is 0 Å². The lowest BCUT2D eigenvalue weighted by Crippen LogP contribution is -2.46. The molecule has 8 nitrogen and oxygen atoms in total. The predicted octanol–water partition coefficient (Wildman–Crippen LogP) is 4.25. The average Bonchev–Trinajstić information content (AvgIpc) is 2.92.